The Bertz CT molecular complexity index is 1330. The van der Waals surface area contributed by atoms with E-state index in [1.165, 1.54) is 19.4 Å². The van der Waals surface area contributed by atoms with Gasteiger partial charge in [-0.3, -0.25) is 9.59 Å². The fourth-order valence-electron chi connectivity index (χ4n) is 3.91. The molecule has 3 aromatic rings. The smallest absolute Gasteiger partial charge is 0.251 e. The molecule has 1 saturated heterocycles. The van der Waals surface area contributed by atoms with Gasteiger partial charge in [-0.1, -0.05) is 24.2 Å². The highest BCUT2D eigenvalue weighted by Gasteiger charge is 2.20. The number of amides is 2. The third-order valence-electron chi connectivity index (χ3n) is 5.98. The van der Waals surface area contributed by atoms with Crippen LogP contribution in [0.1, 0.15) is 23.2 Å². The topological polar surface area (TPSA) is 118 Å². The minimum absolute atomic E-state index is 0.103. The van der Waals surface area contributed by atoms with Crippen LogP contribution in [0.5, 0.6) is 17.4 Å². The van der Waals surface area contributed by atoms with Gasteiger partial charge in [0, 0.05) is 23.4 Å². The first-order valence-electron chi connectivity index (χ1n) is 12.0. The van der Waals surface area contributed by atoms with Gasteiger partial charge in [0.05, 0.1) is 19.0 Å². The van der Waals surface area contributed by atoms with Crippen molar-refractivity contribution in [2.45, 2.75) is 18.9 Å². The number of carbonyl (C=O) groups excluding carboxylic acids is 2. The molecule has 3 N–H and O–H groups in total. The number of hydrogen-bond acceptors (Lipinski definition) is 8. The molecule has 0 atom stereocenters. The number of carbonyl (C=O) groups is 2. The first-order chi connectivity index (χ1) is 18.3. The Morgan fingerprint density at radius 2 is 1.97 bits per heavy atom. The fraction of sp³-hybridized carbons (Fsp3) is 0.259. The van der Waals surface area contributed by atoms with Crippen molar-refractivity contribution in [1.82, 2.24) is 20.2 Å². The number of aromatic nitrogens is 2. The lowest BCUT2D eigenvalue weighted by Gasteiger charge is -2.29. The highest BCUT2D eigenvalue weighted by Crippen LogP contribution is 2.32. The predicted octanol–water partition coefficient (Wildman–Crippen LogP) is 4.62. The second-order valence-corrected chi connectivity index (χ2v) is 9.17. The Kier molecular flexibility index (Phi) is 8.77. The molecule has 0 bridgehead atoms. The van der Waals surface area contributed by atoms with Crippen molar-refractivity contribution in [3.8, 4) is 17.4 Å². The van der Waals surface area contributed by atoms with Gasteiger partial charge in [-0.25, -0.2) is 4.98 Å². The maximum absolute atomic E-state index is 12.9. The Labute approximate surface area is 226 Å². The van der Waals surface area contributed by atoms with E-state index in [1.54, 1.807) is 42.5 Å². The van der Waals surface area contributed by atoms with Crippen LogP contribution in [0, 0.1) is 0 Å². The molecule has 10 nitrogen and oxygen atoms in total. The van der Waals surface area contributed by atoms with Crippen molar-refractivity contribution in [3.63, 3.8) is 0 Å². The standard InChI is InChI=1S/C27H29ClN6O4/c1-4-24(35)30-19-6-5-7-20(15-19)38-26-21(28)16-29-27(33-26)32-22-14-17(8-9-23(22)37-3)25(36)31-18-10-12-34(2)13-11-18/h4-9,14-16,18H,1,10-13H2,2-3H3,(H,30,35)(H,31,36)(H,29,32,33). The molecule has 1 aliphatic rings. The Hall–Kier alpha value is -4.15. The number of piperidine rings is 1. The zero-order valence-corrected chi connectivity index (χ0v) is 21.9. The number of methoxy groups -OCH3 is 1. The fourth-order valence-corrected chi connectivity index (χ4v) is 4.04. The number of benzene rings is 2. The second-order valence-electron chi connectivity index (χ2n) is 8.76. The maximum Gasteiger partial charge on any atom is 0.251 e. The number of halogens is 1. The van der Waals surface area contributed by atoms with E-state index in [4.69, 9.17) is 21.1 Å². The molecule has 2 amide bonds. The maximum atomic E-state index is 12.9. The second kappa shape index (κ2) is 12.4. The first-order valence-corrected chi connectivity index (χ1v) is 12.4. The number of nitrogens with zero attached hydrogens (tertiary/aromatic N) is 3. The molecular formula is C27H29ClN6O4. The van der Waals surface area contributed by atoms with E-state index in [9.17, 15) is 9.59 Å². The average molecular weight is 537 g/mol. The first kappa shape index (κ1) is 26.9. The van der Waals surface area contributed by atoms with E-state index in [0.717, 1.165) is 25.9 Å². The van der Waals surface area contributed by atoms with Crippen LogP contribution in [0.4, 0.5) is 17.3 Å². The van der Waals surface area contributed by atoms with Crippen molar-refractivity contribution in [3.05, 3.63) is 71.9 Å². The number of ether oxygens (including phenoxy) is 2. The van der Waals surface area contributed by atoms with Crippen LogP contribution in [0.3, 0.4) is 0 Å². The molecule has 1 aromatic heterocycles. The molecule has 38 heavy (non-hydrogen) atoms. The van der Waals surface area contributed by atoms with Crippen LogP contribution < -0.4 is 25.4 Å². The van der Waals surface area contributed by atoms with E-state index in [2.05, 4.69) is 44.4 Å². The van der Waals surface area contributed by atoms with Crippen molar-refractivity contribution >= 4 is 40.7 Å². The summed E-state index contributed by atoms with van der Waals surface area (Å²) in [5.41, 5.74) is 1.51. The zero-order valence-electron chi connectivity index (χ0n) is 21.2. The normalized spacial score (nSPS) is 13.9. The van der Waals surface area contributed by atoms with Gasteiger partial charge < -0.3 is 30.3 Å². The molecule has 11 heteroatoms. The summed E-state index contributed by atoms with van der Waals surface area (Å²) >= 11 is 6.28. The van der Waals surface area contributed by atoms with Crippen LogP contribution >= 0.6 is 11.6 Å². The minimum Gasteiger partial charge on any atom is -0.495 e. The van der Waals surface area contributed by atoms with Crippen LogP contribution in [0.25, 0.3) is 0 Å². The molecule has 0 unspecified atom stereocenters. The summed E-state index contributed by atoms with van der Waals surface area (Å²) in [5.74, 6) is 0.703. The van der Waals surface area contributed by atoms with Crippen LogP contribution in [0.2, 0.25) is 5.02 Å². The highest BCUT2D eigenvalue weighted by atomic mass is 35.5. The van der Waals surface area contributed by atoms with Crippen molar-refractivity contribution < 1.29 is 19.1 Å². The lowest BCUT2D eigenvalue weighted by molar-refractivity contribution is -0.111. The van der Waals surface area contributed by atoms with Crippen molar-refractivity contribution in [1.29, 1.82) is 0 Å². The number of rotatable bonds is 9. The largest absolute Gasteiger partial charge is 0.495 e. The monoisotopic (exact) mass is 536 g/mol. The quantitative estimate of drug-likeness (QED) is 0.339. The van der Waals surface area contributed by atoms with Gasteiger partial charge in [-0.2, -0.15) is 4.98 Å². The molecule has 1 aliphatic heterocycles. The summed E-state index contributed by atoms with van der Waals surface area (Å²) in [7, 11) is 3.61. The highest BCUT2D eigenvalue weighted by molar-refractivity contribution is 6.31. The van der Waals surface area contributed by atoms with Crippen LogP contribution in [0.15, 0.2) is 61.3 Å². The van der Waals surface area contributed by atoms with E-state index >= 15 is 0 Å². The van der Waals surface area contributed by atoms with Gasteiger partial charge in [0.25, 0.3) is 5.91 Å². The van der Waals surface area contributed by atoms with Crippen LogP contribution in [-0.2, 0) is 4.79 Å². The molecule has 0 spiro atoms. The molecule has 0 aliphatic carbocycles. The molecule has 0 radical (unpaired) electrons. The number of anilines is 3. The lowest BCUT2D eigenvalue weighted by Crippen LogP contribution is -2.43. The van der Waals surface area contributed by atoms with Gasteiger partial charge >= 0.3 is 0 Å². The van der Waals surface area contributed by atoms with Crippen molar-refractivity contribution in [2.24, 2.45) is 0 Å². The van der Waals surface area contributed by atoms with Gasteiger partial charge in [0.15, 0.2) is 0 Å². The molecular weight excluding hydrogens is 508 g/mol. The number of hydrogen-bond donors (Lipinski definition) is 3. The third kappa shape index (κ3) is 6.99. The summed E-state index contributed by atoms with van der Waals surface area (Å²) in [6, 6.07) is 12.0. The summed E-state index contributed by atoms with van der Waals surface area (Å²) in [6.07, 6.45) is 4.40. The zero-order chi connectivity index (χ0) is 27.1. The van der Waals surface area contributed by atoms with E-state index in [0.29, 0.717) is 28.4 Å². The van der Waals surface area contributed by atoms with Crippen LogP contribution in [-0.4, -0.2) is 60.0 Å². The molecule has 2 heterocycles. The summed E-state index contributed by atoms with van der Waals surface area (Å²) in [6.45, 7) is 5.34. The Morgan fingerprint density at radius 3 is 2.71 bits per heavy atom. The van der Waals surface area contributed by atoms with E-state index in [-0.39, 0.29) is 34.7 Å². The summed E-state index contributed by atoms with van der Waals surface area (Å²) in [4.78, 5) is 35.4. The van der Waals surface area contributed by atoms with Crippen molar-refractivity contribution in [2.75, 3.05) is 37.9 Å². The third-order valence-corrected chi connectivity index (χ3v) is 6.23. The van der Waals surface area contributed by atoms with Gasteiger partial charge in [0.1, 0.15) is 16.5 Å². The molecule has 2 aromatic carbocycles. The molecule has 4 rings (SSSR count). The Balaban J connectivity index is 1.50. The Morgan fingerprint density at radius 1 is 1.18 bits per heavy atom. The summed E-state index contributed by atoms with van der Waals surface area (Å²) < 4.78 is 11.3. The average Bonchev–Trinajstić information content (AvgIpc) is 2.92. The van der Waals surface area contributed by atoms with E-state index < -0.39 is 0 Å². The van der Waals surface area contributed by atoms with Gasteiger partial charge in [-0.15, -0.1) is 0 Å². The number of nitrogens with one attached hydrogen (secondary N) is 3. The number of likely N-dealkylation sites (tertiary alicyclic amines) is 1. The van der Waals surface area contributed by atoms with Gasteiger partial charge in [0.2, 0.25) is 17.7 Å². The SMILES string of the molecule is C=CC(=O)Nc1cccc(Oc2nc(Nc3cc(C(=O)NC4CCN(C)CC4)ccc3OC)ncc2Cl)c1. The predicted molar refractivity (Wildman–Crippen MR) is 147 cm³/mol. The van der Waals surface area contributed by atoms with Gasteiger partial charge in [-0.05, 0) is 69.4 Å². The molecule has 0 saturated carbocycles. The summed E-state index contributed by atoms with van der Waals surface area (Å²) in [5, 5.41) is 9.06. The molecule has 1 fully saturated rings. The van der Waals surface area contributed by atoms with E-state index in [1.807, 2.05) is 0 Å². The minimum atomic E-state index is -0.343. The lowest BCUT2D eigenvalue weighted by atomic mass is 10.0. The molecule has 198 valence electrons.